The van der Waals surface area contributed by atoms with Gasteiger partial charge >= 0.3 is 5.97 Å². The fourth-order valence-electron chi connectivity index (χ4n) is 1.63. The Morgan fingerprint density at radius 1 is 1.53 bits per heavy atom. The van der Waals surface area contributed by atoms with Crippen molar-refractivity contribution in [3.63, 3.8) is 0 Å². The maximum atomic E-state index is 10.4. The van der Waals surface area contributed by atoms with Crippen LogP contribution in [0.2, 0.25) is 0 Å². The van der Waals surface area contributed by atoms with E-state index >= 15 is 0 Å². The van der Waals surface area contributed by atoms with E-state index in [0.29, 0.717) is 5.75 Å². The third-order valence-corrected chi connectivity index (χ3v) is 2.27. The Bertz CT molecular complexity index is 373. The number of hydrogen-bond donors (Lipinski definition) is 1. The second-order valence-corrected chi connectivity index (χ2v) is 3.37. The molecule has 0 fully saturated rings. The molecule has 0 atom stereocenters. The molecule has 4 nitrogen and oxygen atoms in total. The van der Waals surface area contributed by atoms with E-state index in [1.807, 2.05) is 6.07 Å². The zero-order chi connectivity index (χ0) is 10.7. The van der Waals surface area contributed by atoms with Crippen molar-refractivity contribution >= 4 is 5.97 Å². The molecule has 1 aliphatic heterocycles. The van der Waals surface area contributed by atoms with Gasteiger partial charge < -0.3 is 14.6 Å². The lowest BCUT2D eigenvalue weighted by molar-refractivity contribution is -0.139. The van der Waals surface area contributed by atoms with E-state index in [-0.39, 0.29) is 6.61 Å². The molecule has 1 aromatic rings. The maximum Gasteiger partial charge on any atom is 0.341 e. The highest BCUT2D eigenvalue weighted by Crippen LogP contribution is 2.32. The highest BCUT2D eigenvalue weighted by Gasteiger charge is 2.15. The summed E-state index contributed by atoms with van der Waals surface area (Å²) in [6.45, 7) is 0.409. The second-order valence-electron chi connectivity index (χ2n) is 3.37. The molecule has 0 amide bonds. The molecule has 0 unspecified atom stereocenters. The van der Waals surface area contributed by atoms with Gasteiger partial charge in [-0.25, -0.2) is 4.79 Å². The van der Waals surface area contributed by atoms with Crippen molar-refractivity contribution in [3.05, 3.63) is 23.8 Å². The number of fused-ring (bicyclic) bond motifs is 1. The SMILES string of the molecule is O=C(O)COc1cccc2c1CCCO2. The molecule has 15 heavy (non-hydrogen) atoms. The Morgan fingerprint density at radius 2 is 2.40 bits per heavy atom. The fraction of sp³-hybridized carbons (Fsp3) is 0.364. The lowest BCUT2D eigenvalue weighted by Gasteiger charge is -2.19. The van der Waals surface area contributed by atoms with Gasteiger partial charge in [0, 0.05) is 5.56 Å². The van der Waals surface area contributed by atoms with E-state index in [2.05, 4.69) is 0 Å². The predicted molar refractivity (Wildman–Crippen MR) is 53.4 cm³/mol. The first-order valence-corrected chi connectivity index (χ1v) is 4.86. The molecule has 1 N–H and O–H groups in total. The van der Waals surface area contributed by atoms with Crippen LogP contribution in [0.4, 0.5) is 0 Å². The Balaban J connectivity index is 2.19. The highest BCUT2D eigenvalue weighted by molar-refractivity contribution is 5.68. The van der Waals surface area contributed by atoms with Gasteiger partial charge in [0.15, 0.2) is 6.61 Å². The summed E-state index contributed by atoms with van der Waals surface area (Å²) >= 11 is 0. The average Bonchev–Trinajstić information content (AvgIpc) is 2.26. The summed E-state index contributed by atoms with van der Waals surface area (Å²) in [7, 11) is 0. The number of hydrogen-bond acceptors (Lipinski definition) is 3. The van der Waals surface area contributed by atoms with Crippen LogP contribution in [0.1, 0.15) is 12.0 Å². The molecule has 0 aliphatic carbocycles. The fourth-order valence-corrected chi connectivity index (χ4v) is 1.63. The number of carbonyl (C=O) groups is 1. The van der Waals surface area contributed by atoms with Crippen LogP contribution >= 0.6 is 0 Å². The van der Waals surface area contributed by atoms with E-state index in [1.54, 1.807) is 12.1 Å². The van der Waals surface area contributed by atoms with Gasteiger partial charge in [-0.05, 0) is 25.0 Å². The van der Waals surface area contributed by atoms with E-state index in [0.717, 1.165) is 30.8 Å². The minimum Gasteiger partial charge on any atom is -0.493 e. The Hall–Kier alpha value is -1.71. The Morgan fingerprint density at radius 3 is 3.20 bits per heavy atom. The van der Waals surface area contributed by atoms with Crippen LogP contribution < -0.4 is 9.47 Å². The summed E-state index contributed by atoms with van der Waals surface area (Å²) in [5, 5.41) is 8.52. The normalized spacial score (nSPS) is 13.9. The molecular weight excluding hydrogens is 196 g/mol. The smallest absolute Gasteiger partial charge is 0.341 e. The molecule has 2 rings (SSSR count). The molecule has 0 saturated carbocycles. The van der Waals surface area contributed by atoms with Gasteiger partial charge in [-0.2, -0.15) is 0 Å². The number of aliphatic carboxylic acids is 1. The summed E-state index contributed by atoms with van der Waals surface area (Å²) in [4.78, 5) is 10.4. The monoisotopic (exact) mass is 208 g/mol. The summed E-state index contributed by atoms with van der Waals surface area (Å²) < 4.78 is 10.6. The summed E-state index contributed by atoms with van der Waals surface area (Å²) in [5.41, 5.74) is 0.977. The van der Waals surface area contributed by atoms with Crippen molar-refractivity contribution in [1.82, 2.24) is 0 Å². The molecule has 80 valence electrons. The van der Waals surface area contributed by atoms with E-state index in [9.17, 15) is 4.79 Å². The summed E-state index contributed by atoms with van der Waals surface area (Å²) in [6, 6.07) is 5.46. The first kappa shape index (κ1) is 9.83. The quantitative estimate of drug-likeness (QED) is 0.817. The molecule has 0 spiro atoms. The lowest BCUT2D eigenvalue weighted by atomic mass is 10.1. The molecule has 0 aromatic heterocycles. The maximum absolute atomic E-state index is 10.4. The van der Waals surface area contributed by atoms with Gasteiger partial charge in [0.2, 0.25) is 0 Å². The van der Waals surface area contributed by atoms with Crippen LogP contribution in [-0.2, 0) is 11.2 Å². The highest BCUT2D eigenvalue weighted by atomic mass is 16.5. The first-order chi connectivity index (χ1) is 7.27. The summed E-state index contributed by atoms with van der Waals surface area (Å²) in [6.07, 6.45) is 1.82. The zero-order valence-corrected chi connectivity index (χ0v) is 8.23. The third kappa shape index (κ3) is 2.21. The van der Waals surface area contributed by atoms with Gasteiger partial charge in [0.05, 0.1) is 6.61 Å². The van der Waals surface area contributed by atoms with Gasteiger partial charge in [-0.1, -0.05) is 6.07 Å². The van der Waals surface area contributed by atoms with Gasteiger partial charge in [0.25, 0.3) is 0 Å². The number of carboxylic acid groups (broad SMARTS) is 1. The van der Waals surface area contributed by atoms with Crippen molar-refractivity contribution in [3.8, 4) is 11.5 Å². The Kier molecular flexibility index (Phi) is 2.76. The summed E-state index contributed by atoms with van der Waals surface area (Å²) in [5.74, 6) is 0.461. The molecule has 1 aromatic carbocycles. The largest absolute Gasteiger partial charge is 0.493 e. The predicted octanol–water partition coefficient (Wildman–Crippen LogP) is 1.48. The van der Waals surface area contributed by atoms with Crippen LogP contribution in [0, 0.1) is 0 Å². The van der Waals surface area contributed by atoms with E-state index in [4.69, 9.17) is 14.6 Å². The average molecular weight is 208 g/mol. The van der Waals surface area contributed by atoms with Crippen LogP contribution in [0.15, 0.2) is 18.2 Å². The van der Waals surface area contributed by atoms with Gasteiger partial charge in [-0.15, -0.1) is 0 Å². The van der Waals surface area contributed by atoms with Crippen LogP contribution in [-0.4, -0.2) is 24.3 Å². The van der Waals surface area contributed by atoms with Crippen molar-refractivity contribution in [2.75, 3.05) is 13.2 Å². The minimum absolute atomic E-state index is 0.309. The second kappa shape index (κ2) is 4.21. The number of benzene rings is 1. The van der Waals surface area contributed by atoms with E-state index in [1.165, 1.54) is 0 Å². The zero-order valence-electron chi connectivity index (χ0n) is 8.23. The third-order valence-electron chi connectivity index (χ3n) is 2.27. The molecule has 0 radical (unpaired) electrons. The molecule has 4 heteroatoms. The number of ether oxygens (including phenoxy) is 2. The van der Waals surface area contributed by atoms with E-state index < -0.39 is 5.97 Å². The van der Waals surface area contributed by atoms with Crippen molar-refractivity contribution in [1.29, 1.82) is 0 Å². The minimum atomic E-state index is -0.968. The number of carboxylic acids is 1. The molecular formula is C11H12O4. The van der Waals surface area contributed by atoms with Crippen molar-refractivity contribution in [2.24, 2.45) is 0 Å². The molecule has 0 bridgehead atoms. The van der Waals surface area contributed by atoms with Crippen molar-refractivity contribution < 1.29 is 19.4 Å². The van der Waals surface area contributed by atoms with Crippen molar-refractivity contribution in [2.45, 2.75) is 12.8 Å². The number of rotatable bonds is 3. The molecule has 0 saturated heterocycles. The Labute approximate surface area is 87.4 Å². The topological polar surface area (TPSA) is 55.8 Å². The van der Waals surface area contributed by atoms with Gasteiger partial charge in [-0.3, -0.25) is 0 Å². The standard InChI is InChI=1S/C11H12O4/c12-11(13)7-15-10-5-1-4-9-8(10)3-2-6-14-9/h1,4-5H,2-3,6-7H2,(H,12,13). The van der Waals surface area contributed by atoms with Gasteiger partial charge in [0.1, 0.15) is 11.5 Å². The lowest BCUT2D eigenvalue weighted by Crippen LogP contribution is -2.13. The van der Waals surface area contributed by atoms with Crippen LogP contribution in [0.3, 0.4) is 0 Å². The first-order valence-electron chi connectivity index (χ1n) is 4.86. The molecule has 1 heterocycles. The van der Waals surface area contributed by atoms with Crippen LogP contribution in [0.25, 0.3) is 0 Å². The molecule has 1 aliphatic rings. The van der Waals surface area contributed by atoms with Crippen LogP contribution in [0.5, 0.6) is 11.5 Å².